The number of hydrogen-bond acceptors (Lipinski definition) is 7. The highest BCUT2D eigenvalue weighted by Gasteiger charge is 2.20. The third kappa shape index (κ3) is 6.80. The Hall–Kier alpha value is -3.92. The molecule has 9 nitrogen and oxygen atoms in total. The van der Waals surface area contributed by atoms with E-state index in [2.05, 4.69) is 32.1 Å². The van der Waals surface area contributed by atoms with Gasteiger partial charge in [0.25, 0.3) is 5.91 Å². The zero-order valence-corrected chi connectivity index (χ0v) is 20.6. The molecule has 1 aromatic heterocycles. The first-order chi connectivity index (χ1) is 16.8. The van der Waals surface area contributed by atoms with Crippen LogP contribution in [-0.2, 0) is 16.1 Å². The Labute approximate surface area is 208 Å². The van der Waals surface area contributed by atoms with Crippen molar-refractivity contribution < 1.29 is 19.1 Å². The van der Waals surface area contributed by atoms with Gasteiger partial charge in [-0.1, -0.05) is 35.5 Å². The second-order valence-corrected chi connectivity index (χ2v) is 8.65. The topological polar surface area (TPSA) is 115 Å². The monoisotopic (exact) mass is 493 g/mol. The second kappa shape index (κ2) is 12.0. The molecule has 0 aliphatic carbocycles. The van der Waals surface area contributed by atoms with Gasteiger partial charge in [-0.25, -0.2) is 4.79 Å². The Morgan fingerprint density at radius 1 is 1.14 bits per heavy atom. The second-order valence-electron chi connectivity index (χ2n) is 7.71. The van der Waals surface area contributed by atoms with Crippen LogP contribution in [0.25, 0.3) is 0 Å². The molecular formula is C25H27N5O4S. The number of amides is 2. The highest BCUT2D eigenvalue weighted by atomic mass is 32.2. The molecule has 1 heterocycles. The molecule has 0 unspecified atom stereocenters. The van der Waals surface area contributed by atoms with Gasteiger partial charge in [0.05, 0.1) is 24.5 Å². The predicted octanol–water partition coefficient (Wildman–Crippen LogP) is 3.78. The van der Waals surface area contributed by atoms with Crippen molar-refractivity contribution in [1.82, 2.24) is 20.1 Å². The molecule has 0 bridgehead atoms. The van der Waals surface area contributed by atoms with E-state index in [9.17, 15) is 14.4 Å². The highest BCUT2D eigenvalue weighted by Crippen LogP contribution is 2.22. The van der Waals surface area contributed by atoms with Crippen molar-refractivity contribution in [3.05, 3.63) is 83.7 Å². The van der Waals surface area contributed by atoms with Gasteiger partial charge in [0.2, 0.25) is 5.91 Å². The summed E-state index contributed by atoms with van der Waals surface area (Å²) in [7, 11) is 1.31. The summed E-state index contributed by atoms with van der Waals surface area (Å²) < 4.78 is 6.48. The van der Waals surface area contributed by atoms with Crippen molar-refractivity contribution in [3.63, 3.8) is 0 Å². The number of esters is 1. The van der Waals surface area contributed by atoms with Crippen LogP contribution < -0.4 is 10.6 Å². The predicted molar refractivity (Wildman–Crippen MR) is 134 cm³/mol. The summed E-state index contributed by atoms with van der Waals surface area (Å²) in [5, 5.41) is 14.7. The average Bonchev–Trinajstić information content (AvgIpc) is 3.25. The van der Waals surface area contributed by atoms with Crippen molar-refractivity contribution >= 4 is 35.2 Å². The lowest BCUT2D eigenvalue weighted by Gasteiger charge is -2.15. The number of thioether (sulfide) groups is 1. The van der Waals surface area contributed by atoms with Gasteiger partial charge in [0.15, 0.2) is 11.0 Å². The summed E-state index contributed by atoms with van der Waals surface area (Å²) in [4.78, 5) is 36.6. The van der Waals surface area contributed by atoms with Gasteiger partial charge >= 0.3 is 5.97 Å². The van der Waals surface area contributed by atoms with Crippen LogP contribution in [0.2, 0.25) is 0 Å². The number of aromatic nitrogens is 3. The molecule has 2 N–H and O–H groups in total. The first-order valence-electron chi connectivity index (χ1n) is 10.8. The summed E-state index contributed by atoms with van der Waals surface area (Å²) in [6.07, 6.45) is 1.70. The summed E-state index contributed by atoms with van der Waals surface area (Å²) >= 11 is 1.22. The molecule has 10 heteroatoms. The third-order valence-corrected chi connectivity index (χ3v) is 5.96. The van der Waals surface area contributed by atoms with Crippen LogP contribution >= 0.6 is 11.8 Å². The molecule has 35 heavy (non-hydrogen) atoms. The Morgan fingerprint density at radius 2 is 1.89 bits per heavy atom. The lowest BCUT2D eigenvalue weighted by Crippen LogP contribution is -2.28. The lowest BCUT2D eigenvalue weighted by molar-refractivity contribution is -0.113. The number of methoxy groups -OCH3 is 1. The van der Waals surface area contributed by atoms with Gasteiger partial charge in [0.1, 0.15) is 0 Å². The minimum Gasteiger partial charge on any atom is -0.465 e. The van der Waals surface area contributed by atoms with E-state index in [-0.39, 0.29) is 17.6 Å². The number of ether oxygens (including phenoxy) is 1. The number of carbonyl (C=O) groups is 3. The lowest BCUT2D eigenvalue weighted by atomic mass is 10.1. The molecule has 0 radical (unpaired) electrons. The van der Waals surface area contributed by atoms with Gasteiger partial charge in [-0.2, -0.15) is 0 Å². The zero-order chi connectivity index (χ0) is 25.4. The van der Waals surface area contributed by atoms with E-state index in [1.54, 1.807) is 36.4 Å². The minimum absolute atomic E-state index is 0.0953. The first kappa shape index (κ1) is 25.7. The van der Waals surface area contributed by atoms with E-state index in [0.29, 0.717) is 34.3 Å². The molecule has 1 atom stereocenters. The quantitative estimate of drug-likeness (QED) is 0.251. The van der Waals surface area contributed by atoms with Crippen molar-refractivity contribution in [2.75, 3.05) is 18.2 Å². The van der Waals surface area contributed by atoms with E-state index >= 15 is 0 Å². The van der Waals surface area contributed by atoms with E-state index in [1.165, 1.54) is 18.9 Å². The normalized spacial score (nSPS) is 11.4. The van der Waals surface area contributed by atoms with Gasteiger partial charge in [-0.15, -0.1) is 16.8 Å². The number of allylic oxidation sites excluding steroid dienone is 1. The fourth-order valence-electron chi connectivity index (χ4n) is 3.29. The number of nitrogens with one attached hydrogen (secondary N) is 2. The largest absolute Gasteiger partial charge is 0.465 e. The molecule has 0 aliphatic rings. The highest BCUT2D eigenvalue weighted by molar-refractivity contribution is 7.99. The SMILES string of the molecule is C=CCn1c(SCC(=O)Nc2ccc(C(=O)OC)cc2)nnc1[C@H](C)NC(=O)c1cccc(C)c1. The van der Waals surface area contributed by atoms with E-state index in [1.807, 2.05) is 36.6 Å². The van der Waals surface area contributed by atoms with Crippen LogP contribution in [0.1, 0.15) is 45.1 Å². The molecular weight excluding hydrogens is 466 g/mol. The maximum Gasteiger partial charge on any atom is 0.337 e. The molecule has 3 aromatic rings. The molecule has 0 saturated carbocycles. The average molecular weight is 494 g/mol. The summed E-state index contributed by atoms with van der Waals surface area (Å²) in [5.74, 6) is -0.234. The molecule has 0 spiro atoms. The van der Waals surface area contributed by atoms with Crippen LogP contribution in [0.15, 0.2) is 66.3 Å². The number of aryl methyl sites for hydroxylation is 1. The number of nitrogens with zero attached hydrogens (tertiary/aromatic N) is 3. The number of hydrogen-bond donors (Lipinski definition) is 2. The Morgan fingerprint density at radius 3 is 2.54 bits per heavy atom. The molecule has 2 amide bonds. The minimum atomic E-state index is -0.444. The van der Waals surface area contributed by atoms with Gasteiger partial charge in [-0.3, -0.25) is 9.59 Å². The van der Waals surface area contributed by atoms with Crippen molar-refractivity contribution in [2.24, 2.45) is 0 Å². The molecule has 182 valence electrons. The van der Waals surface area contributed by atoms with Crippen LogP contribution in [0.4, 0.5) is 5.69 Å². The van der Waals surface area contributed by atoms with Crippen LogP contribution in [0.3, 0.4) is 0 Å². The van der Waals surface area contributed by atoms with E-state index < -0.39 is 12.0 Å². The Bertz CT molecular complexity index is 1220. The summed E-state index contributed by atoms with van der Waals surface area (Å²) in [6.45, 7) is 7.97. The maximum atomic E-state index is 12.6. The standard InChI is InChI=1S/C25H27N5O4S/c1-5-13-30-22(17(3)26-23(32)19-8-6-7-16(2)14-19)28-29-25(30)35-15-21(31)27-20-11-9-18(10-12-20)24(33)34-4/h5-12,14,17H,1,13,15H2,2-4H3,(H,26,32)(H,27,31)/t17-/m0/s1. The maximum absolute atomic E-state index is 12.6. The van der Waals surface area contributed by atoms with E-state index in [0.717, 1.165) is 5.56 Å². The zero-order valence-electron chi connectivity index (χ0n) is 19.8. The third-order valence-electron chi connectivity index (χ3n) is 4.99. The number of benzene rings is 2. The van der Waals surface area contributed by atoms with Gasteiger partial charge < -0.3 is 19.9 Å². The fourth-order valence-corrected chi connectivity index (χ4v) is 4.05. The summed E-state index contributed by atoms with van der Waals surface area (Å²) in [6, 6.07) is 13.3. The number of rotatable bonds is 10. The molecule has 0 fully saturated rings. The Balaban J connectivity index is 1.63. The number of anilines is 1. The van der Waals surface area contributed by atoms with Crippen molar-refractivity contribution in [1.29, 1.82) is 0 Å². The van der Waals surface area contributed by atoms with Gasteiger partial charge in [0, 0.05) is 17.8 Å². The van der Waals surface area contributed by atoms with Crippen LogP contribution in [0, 0.1) is 6.92 Å². The Kier molecular flexibility index (Phi) is 8.80. The van der Waals surface area contributed by atoms with Gasteiger partial charge in [-0.05, 0) is 50.2 Å². The summed E-state index contributed by atoms with van der Waals surface area (Å²) in [5.41, 5.74) is 2.52. The molecule has 0 saturated heterocycles. The fraction of sp³-hybridized carbons (Fsp3) is 0.240. The van der Waals surface area contributed by atoms with Crippen LogP contribution in [-0.4, -0.2) is 45.4 Å². The van der Waals surface area contributed by atoms with E-state index in [4.69, 9.17) is 0 Å². The molecule has 3 rings (SSSR count). The molecule has 0 aliphatic heterocycles. The number of carbonyl (C=O) groups excluding carboxylic acids is 3. The van der Waals surface area contributed by atoms with Crippen molar-refractivity contribution in [3.8, 4) is 0 Å². The smallest absolute Gasteiger partial charge is 0.337 e. The van der Waals surface area contributed by atoms with Crippen LogP contribution in [0.5, 0.6) is 0 Å². The molecule has 2 aromatic carbocycles. The first-order valence-corrected chi connectivity index (χ1v) is 11.8. The van der Waals surface area contributed by atoms with Crippen molar-refractivity contribution in [2.45, 2.75) is 31.6 Å².